The Hall–Kier alpha value is -5.44. The summed E-state index contributed by atoms with van der Waals surface area (Å²) in [7, 11) is 9.63. The van der Waals surface area contributed by atoms with Gasteiger partial charge in [0.2, 0.25) is 0 Å². The molecule has 15 nitrogen and oxygen atoms in total. The molecule has 0 amide bonds. The second-order valence-corrected chi connectivity index (χ2v) is 20.9. The van der Waals surface area contributed by atoms with Gasteiger partial charge in [-0.15, -0.1) is 0 Å². The smallest absolute Gasteiger partial charge is 0.119 e. The monoisotopic (exact) mass is 1620 g/mol. The van der Waals surface area contributed by atoms with Crippen LogP contribution >= 0.6 is 0 Å². The summed E-state index contributed by atoms with van der Waals surface area (Å²) in [6, 6.07) is 77.4. The van der Waals surface area contributed by atoms with Crippen LogP contribution in [0.2, 0.25) is 0 Å². The van der Waals surface area contributed by atoms with Crippen molar-refractivity contribution in [3.8, 4) is 17.2 Å². The van der Waals surface area contributed by atoms with Crippen LogP contribution in [-0.4, -0.2) is 169 Å². The maximum absolute atomic E-state index is 8.80. The summed E-state index contributed by atoms with van der Waals surface area (Å²) in [5, 5.41) is 8.80. The third-order valence-corrected chi connectivity index (χ3v) is 10.3. The van der Waals surface area contributed by atoms with Crippen molar-refractivity contribution in [2.45, 2.75) is 221 Å². The van der Waals surface area contributed by atoms with Crippen LogP contribution in [0.15, 0.2) is 237 Å². The van der Waals surface area contributed by atoms with Gasteiger partial charge in [0.1, 0.15) is 79.8 Å². The standard InChI is InChI=1S/3C9H10O2.4C6H6.C5H12O3.2C4H8O2.C4H7O2.4C3H8.7C2H6.Y/c3*1-2-4-8(5-3-1)10-6-9-7-11-9;4*1-2-4-6-5-3-1;1-7-3-5(6)4-8-2;3*1-5-2-4-3-6-4;4*1-3-2;7*1-2;/h3*1-5,9H,6-7H2;4*1-6H;5-6H,3-4H2,1-2H3;2*4H,2-3H2,1H3;4H,1-3H2;4*3H2,1-2H3;7*1-2H3;/q;;;;;;;;;;-1;;;;;;;;;;;;. The van der Waals surface area contributed by atoms with Crippen LogP contribution in [0.25, 0.3) is 0 Å². The van der Waals surface area contributed by atoms with Crippen molar-refractivity contribution in [3.05, 3.63) is 244 Å². The second-order valence-electron chi connectivity index (χ2n) is 20.9. The number of ether oxygens (including phenoxy) is 14. The molecule has 0 aliphatic carbocycles. The van der Waals surface area contributed by atoms with Crippen molar-refractivity contribution in [2.75, 3.05) is 121 Å². The molecule has 633 valence electrons. The van der Waals surface area contributed by atoms with Crippen molar-refractivity contribution in [2.24, 2.45) is 0 Å². The van der Waals surface area contributed by atoms with Gasteiger partial charge >= 0.3 is 0 Å². The molecular weight excluding hydrogens is 1460 g/mol. The Morgan fingerprint density at radius 3 is 0.518 bits per heavy atom. The number of aliphatic hydroxyl groups excluding tert-OH is 1. The molecule has 110 heavy (non-hydrogen) atoms. The number of rotatable bonds is 19. The second kappa shape index (κ2) is 119. The SMILES string of the molecule is CC.CC.CC.CC.CC.CC.CC.CCC.CCC.CCC.CCC.COCC(O)COC.COCC1CO1.COCC1CO1.[CH2-]OCC1CO1.[Y].c1ccc(OCC2CO2)cc1.c1ccc(OCC2CO2)cc1.c1ccc(OCC2CO2)cc1.c1ccccc1.c1ccccc1.c1ccccc1.c1ccccc1. The van der Waals surface area contributed by atoms with Crippen molar-refractivity contribution in [1.82, 2.24) is 0 Å². The molecule has 7 aromatic rings. The number of epoxide rings is 6. The molecule has 6 heterocycles. The third kappa shape index (κ3) is 129. The van der Waals surface area contributed by atoms with Crippen molar-refractivity contribution in [1.29, 1.82) is 0 Å². The predicted octanol–water partition coefficient (Wildman–Crippen LogP) is 23.9. The van der Waals surface area contributed by atoms with Crippen LogP contribution in [0.4, 0.5) is 0 Å². The van der Waals surface area contributed by atoms with E-state index in [1.54, 1.807) is 28.4 Å². The zero-order valence-electron chi connectivity index (χ0n) is 74.2. The Balaban J connectivity index is -0.000000122. The predicted molar refractivity (Wildman–Crippen MR) is 468 cm³/mol. The molecule has 0 aromatic heterocycles. The Kier molecular flexibility index (Phi) is 136. The summed E-state index contributed by atoms with van der Waals surface area (Å²) >= 11 is 0. The van der Waals surface area contributed by atoms with Crippen molar-refractivity contribution < 1.29 is 104 Å². The first-order valence-corrected chi connectivity index (χ1v) is 40.4. The van der Waals surface area contributed by atoms with E-state index in [9.17, 15) is 0 Å². The van der Waals surface area contributed by atoms with Crippen molar-refractivity contribution in [3.63, 3.8) is 0 Å². The quantitative estimate of drug-likeness (QED) is 0.0599. The minimum atomic E-state index is -0.481. The summed E-state index contributed by atoms with van der Waals surface area (Å²) in [5.74, 6) is 2.76. The van der Waals surface area contributed by atoms with Gasteiger partial charge in [0.25, 0.3) is 0 Å². The molecule has 6 atom stereocenters. The summed E-state index contributed by atoms with van der Waals surface area (Å²) in [5.41, 5.74) is 0. The first-order valence-electron chi connectivity index (χ1n) is 40.4. The van der Waals surface area contributed by atoms with Gasteiger partial charge in [-0.05, 0) is 36.4 Å². The number of aliphatic hydroxyl groups is 1. The molecule has 0 bridgehead atoms. The van der Waals surface area contributed by atoms with Gasteiger partial charge in [0.05, 0.1) is 66.1 Å². The molecular formula is C94H163O15Y-. The number of hydrogen-bond acceptors (Lipinski definition) is 15. The number of para-hydroxylation sites is 3. The maximum atomic E-state index is 8.80. The van der Waals surface area contributed by atoms with Gasteiger partial charge in [-0.25, -0.2) is 7.11 Å². The average Bonchev–Trinajstić information content (AvgIpc) is 1.77. The number of benzene rings is 7. The Labute approximate surface area is 702 Å². The van der Waals surface area contributed by atoms with E-state index in [1.165, 1.54) is 25.7 Å². The fraction of sp³-hybridized carbons (Fsp3) is 0.543. The van der Waals surface area contributed by atoms with Gasteiger partial charge in [-0.2, -0.15) is 0 Å². The Bertz CT molecular complexity index is 2010. The molecule has 6 saturated heterocycles. The molecule has 1 N–H and O–H groups in total. The maximum Gasteiger partial charge on any atom is 0.119 e. The summed E-state index contributed by atoms with van der Waals surface area (Å²) in [6.07, 6.45) is 6.76. The fourth-order valence-electron chi connectivity index (χ4n) is 5.58. The zero-order chi connectivity index (χ0) is 84.0. The van der Waals surface area contributed by atoms with Crippen molar-refractivity contribution >= 4 is 0 Å². The van der Waals surface area contributed by atoms with E-state index in [1.807, 2.05) is 334 Å². The van der Waals surface area contributed by atoms with E-state index >= 15 is 0 Å². The van der Waals surface area contributed by atoms with Crippen LogP contribution in [0.3, 0.4) is 0 Å². The van der Waals surface area contributed by atoms with E-state index in [0.29, 0.717) is 76.3 Å². The van der Waals surface area contributed by atoms with Crippen LogP contribution in [-0.2, 0) is 84.8 Å². The Morgan fingerprint density at radius 1 is 0.273 bits per heavy atom. The molecule has 6 unspecified atom stereocenters. The molecule has 6 aliphatic rings. The minimum absolute atomic E-state index is 0. The first kappa shape index (κ1) is 125. The minimum Gasteiger partial charge on any atom is -0.553 e. The fourth-order valence-corrected chi connectivity index (χ4v) is 5.58. The largest absolute Gasteiger partial charge is 0.553 e. The number of hydrogen-bond donors (Lipinski definition) is 1. The molecule has 0 spiro atoms. The normalized spacial score (nSPS) is 14.9. The van der Waals surface area contributed by atoms with E-state index in [2.05, 4.69) is 76.7 Å². The van der Waals surface area contributed by atoms with Crippen LogP contribution in [0.5, 0.6) is 17.2 Å². The molecule has 0 saturated carbocycles. The van der Waals surface area contributed by atoms with E-state index in [-0.39, 0.29) is 32.7 Å². The molecule has 7 aromatic carbocycles. The van der Waals surface area contributed by atoms with Gasteiger partial charge < -0.3 is 71.4 Å². The Morgan fingerprint density at radius 2 is 0.409 bits per heavy atom. The van der Waals surface area contributed by atoms with E-state index in [4.69, 9.17) is 57.2 Å². The summed E-state index contributed by atoms with van der Waals surface area (Å²) in [4.78, 5) is 0. The average molecular weight is 1620 g/mol. The van der Waals surface area contributed by atoms with Crippen LogP contribution in [0, 0.1) is 7.11 Å². The first-order chi connectivity index (χ1) is 53.6. The zero-order valence-corrected chi connectivity index (χ0v) is 77.1. The topological polar surface area (TPSA) is 169 Å². The van der Waals surface area contributed by atoms with E-state index < -0.39 is 6.10 Å². The summed E-state index contributed by atoms with van der Waals surface area (Å²) < 4.78 is 68.9. The van der Waals surface area contributed by atoms with Gasteiger partial charge in [-0.1, -0.05) is 378 Å². The molecule has 6 aliphatic heterocycles. The van der Waals surface area contributed by atoms with E-state index in [0.717, 1.165) is 70.1 Å². The molecule has 1 radical (unpaired) electrons. The molecule has 6 fully saturated rings. The number of methoxy groups -OCH3 is 4. The van der Waals surface area contributed by atoms with Gasteiger partial charge in [0.15, 0.2) is 0 Å². The third-order valence-electron chi connectivity index (χ3n) is 10.3. The van der Waals surface area contributed by atoms with Gasteiger partial charge in [-0.3, -0.25) is 0 Å². The molecule has 13 rings (SSSR count). The van der Waals surface area contributed by atoms with Gasteiger partial charge in [0, 0.05) is 67.8 Å². The van der Waals surface area contributed by atoms with Crippen LogP contribution < -0.4 is 14.2 Å². The summed E-state index contributed by atoms with van der Waals surface area (Å²) in [6.45, 7) is 55.1. The molecule has 16 heteroatoms. The van der Waals surface area contributed by atoms with Crippen LogP contribution in [0.1, 0.15) is 178 Å².